The highest BCUT2D eigenvalue weighted by atomic mass is 28.3. The minimum Gasteiger partial charge on any atom is -0.312 e. The number of anilines is 6. The monoisotopic (exact) mass is 732 g/mol. The molecule has 11 rings (SSSR count). The van der Waals surface area contributed by atoms with Crippen molar-refractivity contribution in [3.63, 3.8) is 0 Å². The number of hydrogen-bond donors (Lipinski definition) is 0. The smallest absolute Gasteiger partial charge is 0.252 e. The highest BCUT2D eigenvalue weighted by molar-refractivity contribution is 7.22. The van der Waals surface area contributed by atoms with E-state index in [2.05, 4.69) is 225 Å². The number of benzene rings is 8. The molecule has 8 aromatic rings. The summed E-state index contributed by atoms with van der Waals surface area (Å²) in [5.74, 6) is 0. The average molecular weight is 733 g/mol. The zero-order chi connectivity index (χ0) is 37.6. The van der Waals surface area contributed by atoms with Gasteiger partial charge in [0.05, 0.1) is 0 Å². The highest BCUT2D eigenvalue weighted by Gasteiger charge is 2.53. The van der Waals surface area contributed by atoms with Gasteiger partial charge in [-0.2, -0.15) is 0 Å². The van der Waals surface area contributed by atoms with E-state index in [0.717, 1.165) is 0 Å². The van der Waals surface area contributed by atoms with Crippen LogP contribution in [-0.4, -0.2) is 14.8 Å². The van der Waals surface area contributed by atoms with E-state index in [0.29, 0.717) is 0 Å². The van der Waals surface area contributed by atoms with E-state index < -0.39 is 8.07 Å². The standard InChI is InChI=1S/C52H41BN2Si/c1-52(2,3)38-34-46-50-47(35-38)55-44-28-16-17-29-48(44)56(40-23-12-6-13-24-40,41-25-14-7-15-26-41)49-30-18-27-43(51(49)55)53(50)42-32-31-37(36-19-8-4-9-20-36)33-45(42)54(46)39-21-10-5-11-22-39/h4-35H,1-3H3. The minimum atomic E-state index is -2.80. The lowest BCUT2D eigenvalue weighted by Crippen LogP contribution is -2.79. The van der Waals surface area contributed by atoms with Gasteiger partial charge in [0.1, 0.15) is 0 Å². The van der Waals surface area contributed by atoms with Crippen LogP contribution in [0.2, 0.25) is 0 Å². The van der Waals surface area contributed by atoms with Crippen molar-refractivity contribution in [2.45, 2.75) is 26.2 Å². The van der Waals surface area contributed by atoms with E-state index in [1.54, 1.807) is 0 Å². The van der Waals surface area contributed by atoms with Crippen LogP contribution in [0.15, 0.2) is 194 Å². The summed E-state index contributed by atoms with van der Waals surface area (Å²) >= 11 is 0. The molecule has 0 atom stereocenters. The lowest BCUT2D eigenvalue weighted by atomic mass is 9.33. The Morgan fingerprint density at radius 2 is 1.00 bits per heavy atom. The molecule has 0 amide bonds. The third-order valence-electron chi connectivity index (χ3n) is 12.4. The number of nitrogens with zero attached hydrogens (tertiary/aromatic N) is 2. The Kier molecular flexibility index (Phi) is 7.27. The minimum absolute atomic E-state index is 0.0449. The Balaban J connectivity index is 1.30. The van der Waals surface area contributed by atoms with Gasteiger partial charge in [0.25, 0.3) is 6.71 Å². The van der Waals surface area contributed by atoms with Crippen LogP contribution in [0.25, 0.3) is 11.1 Å². The molecule has 0 aromatic heterocycles. The van der Waals surface area contributed by atoms with E-state index in [9.17, 15) is 0 Å². The summed E-state index contributed by atoms with van der Waals surface area (Å²) in [6.07, 6.45) is 0. The molecule has 56 heavy (non-hydrogen) atoms. The average Bonchev–Trinajstić information content (AvgIpc) is 3.25. The van der Waals surface area contributed by atoms with Gasteiger partial charge in [-0.3, -0.25) is 0 Å². The van der Waals surface area contributed by atoms with Gasteiger partial charge in [-0.15, -0.1) is 0 Å². The van der Waals surface area contributed by atoms with Crippen molar-refractivity contribution in [1.82, 2.24) is 0 Å². The van der Waals surface area contributed by atoms with Crippen LogP contribution in [0.1, 0.15) is 26.3 Å². The summed E-state index contributed by atoms with van der Waals surface area (Å²) < 4.78 is 0. The first-order chi connectivity index (χ1) is 27.4. The molecule has 0 spiro atoms. The quantitative estimate of drug-likeness (QED) is 0.168. The molecule has 3 heterocycles. The number of fused-ring (bicyclic) bond motifs is 6. The fourth-order valence-electron chi connectivity index (χ4n) is 9.99. The lowest BCUT2D eigenvalue weighted by molar-refractivity contribution is 0.590. The molecule has 0 saturated carbocycles. The Hall–Kier alpha value is -6.36. The second kappa shape index (κ2) is 12.3. The second-order valence-corrected chi connectivity index (χ2v) is 20.2. The maximum atomic E-state index is 2.66. The maximum Gasteiger partial charge on any atom is 0.252 e. The SMILES string of the molecule is CC(C)(C)c1cc2c3c(c1)N1c4ccccc4[Si](c4ccccc4)(c4ccccc4)c4cccc(c41)B3c1ccc(-c3ccccc3)cc1N2c1ccccc1. The summed E-state index contributed by atoms with van der Waals surface area (Å²) in [6.45, 7) is 7.10. The van der Waals surface area contributed by atoms with E-state index >= 15 is 0 Å². The summed E-state index contributed by atoms with van der Waals surface area (Å²) in [4.78, 5) is 5.21. The zero-order valence-corrected chi connectivity index (χ0v) is 32.9. The predicted octanol–water partition coefficient (Wildman–Crippen LogP) is 8.42. The molecule has 8 aromatic carbocycles. The van der Waals surface area contributed by atoms with Crippen molar-refractivity contribution >= 4 is 86.0 Å². The third-order valence-corrected chi connectivity index (χ3v) is 17.3. The molecule has 266 valence electrons. The number of rotatable bonds is 4. The summed E-state index contributed by atoms with van der Waals surface area (Å²) in [7, 11) is -2.80. The van der Waals surface area contributed by atoms with Crippen molar-refractivity contribution in [1.29, 1.82) is 0 Å². The van der Waals surface area contributed by atoms with E-state index in [1.807, 2.05) is 0 Å². The summed E-state index contributed by atoms with van der Waals surface area (Å²) in [5, 5.41) is 5.70. The van der Waals surface area contributed by atoms with Crippen molar-refractivity contribution in [2.75, 3.05) is 9.80 Å². The molecule has 0 N–H and O–H groups in total. The molecule has 4 heteroatoms. The fourth-order valence-corrected chi connectivity index (χ4v) is 15.1. The fraction of sp³-hybridized carbons (Fsp3) is 0.0769. The van der Waals surface area contributed by atoms with Crippen LogP contribution in [0.5, 0.6) is 0 Å². The molecule has 3 aliphatic rings. The molecule has 0 radical (unpaired) electrons. The molecule has 0 saturated heterocycles. The summed E-state index contributed by atoms with van der Waals surface area (Å²) in [6, 6.07) is 73.4. The topological polar surface area (TPSA) is 6.48 Å². The van der Waals surface area contributed by atoms with Crippen molar-refractivity contribution < 1.29 is 0 Å². The van der Waals surface area contributed by atoms with Gasteiger partial charge in [0, 0.05) is 34.1 Å². The molecular weight excluding hydrogens is 691 g/mol. The molecule has 0 bridgehead atoms. The second-order valence-electron chi connectivity index (χ2n) is 16.5. The first-order valence-corrected chi connectivity index (χ1v) is 21.8. The van der Waals surface area contributed by atoms with Crippen LogP contribution in [-0.2, 0) is 5.41 Å². The first kappa shape index (κ1) is 33.0. The molecule has 0 unspecified atom stereocenters. The van der Waals surface area contributed by atoms with Crippen LogP contribution in [0, 0.1) is 0 Å². The number of hydrogen-bond acceptors (Lipinski definition) is 2. The van der Waals surface area contributed by atoms with Gasteiger partial charge in [-0.05, 0) is 95.6 Å². The number of para-hydroxylation sites is 3. The molecule has 3 aliphatic heterocycles. The maximum absolute atomic E-state index is 2.80. The van der Waals surface area contributed by atoms with E-state index in [-0.39, 0.29) is 12.1 Å². The van der Waals surface area contributed by atoms with E-state index in [4.69, 9.17) is 0 Å². The van der Waals surface area contributed by atoms with E-state index in [1.165, 1.54) is 87.9 Å². The Labute approximate surface area is 331 Å². The van der Waals surface area contributed by atoms with Gasteiger partial charge in [-0.1, -0.05) is 178 Å². The van der Waals surface area contributed by atoms with Crippen molar-refractivity contribution in [3.8, 4) is 11.1 Å². The van der Waals surface area contributed by atoms with Crippen molar-refractivity contribution in [3.05, 3.63) is 200 Å². The molecule has 2 nitrogen and oxygen atoms in total. The molecular formula is C52H41BN2Si. The van der Waals surface area contributed by atoms with Crippen LogP contribution in [0.4, 0.5) is 34.1 Å². The van der Waals surface area contributed by atoms with Crippen LogP contribution < -0.4 is 46.9 Å². The van der Waals surface area contributed by atoms with Gasteiger partial charge in [0.15, 0.2) is 8.07 Å². The molecule has 0 aliphatic carbocycles. The highest BCUT2D eigenvalue weighted by Crippen LogP contribution is 2.47. The van der Waals surface area contributed by atoms with Gasteiger partial charge in [0.2, 0.25) is 0 Å². The summed E-state index contributed by atoms with van der Waals surface area (Å²) in [5.41, 5.74) is 15.4. The normalized spacial score (nSPS) is 14.4. The Morgan fingerprint density at radius 3 is 1.66 bits per heavy atom. The Bertz CT molecular complexity index is 2760. The zero-order valence-electron chi connectivity index (χ0n) is 31.9. The lowest BCUT2D eigenvalue weighted by Gasteiger charge is -2.51. The van der Waals surface area contributed by atoms with Gasteiger partial charge in [-0.25, -0.2) is 0 Å². The Morgan fingerprint density at radius 1 is 0.429 bits per heavy atom. The van der Waals surface area contributed by atoms with Crippen LogP contribution in [0.3, 0.4) is 0 Å². The van der Waals surface area contributed by atoms with Crippen LogP contribution >= 0.6 is 0 Å². The van der Waals surface area contributed by atoms with Gasteiger partial charge < -0.3 is 9.80 Å². The van der Waals surface area contributed by atoms with Gasteiger partial charge >= 0.3 is 0 Å². The predicted molar refractivity (Wildman–Crippen MR) is 242 cm³/mol. The molecule has 0 fully saturated rings. The first-order valence-electron chi connectivity index (χ1n) is 19.8. The largest absolute Gasteiger partial charge is 0.312 e. The third kappa shape index (κ3) is 4.63. The van der Waals surface area contributed by atoms with Crippen molar-refractivity contribution in [2.24, 2.45) is 0 Å².